The van der Waals surface area contributed by atoms with Crippen LogP contribution in [0, 0.1) is 20.8 Å². The van der Waals surface area contributed by atoms with Gasteiger partial charge in [-0.2, -0.15) is 0 Å². The van der Waals surface area contributed by atoms with Crippen LogP contribution in [0.25, 0.3) is 23.1 Å². The Morgan fingerprint density at radius 3 is 2.20 bits per heavy atom. The summed E-state index contributed by atoms with van der Waals surface area (Å²) in [5.74, 6) is -0.995. The van der Waals surface area contributed by atoms with Gasteiger partial charge in [0.15, 0.2) is 0 Å². The summed E-state index contributed by atoms with van der Waals surface area (Å²) < 4.78 is 0. The molecule has 2 aromatic carbocycles. The number of hydrogen-bond donors (Lipinski definition) is 2. The Balaban J connectivity index is 0.000000826. The van der Waals surface area contributed by atoms with E-state index in [0.717, 1.165) is 22.2 Å². The highest BCUT2D eigenvalue weighted by Crippen LogP contribution is 2.25. The van der Waals surface area contributed by atoms with Gasteiger partial charge < -0.3 is 10.2 Å². The van der Waals surface area contributed by atoms with Crippen LogP contribution in [-0.4, -0.2) is 21.2 Å². The number of nitrogens with zero attached hydrogens (tertiary/aromatic N) is 1. The first-order valence-electron chi connectivity index (χ1n) is 10.4. The number of benzene rings is 2. The Morgan fingerprint density at radius 2 is 1.60 bits per heavy atom. The Morgan fingerprint density at radius 1 is 0.967 bits per heavy atom. The number of fused-ring (bicyclic) bond motifs is 1. The molecule has 0 unspecified atom stereocenters. The topological polar surface area (TPSA) is 70.4 Å². The maximum atomic E-state index is 11.1. The average molecular weight is 408 g/mol. The van der Waals surface area contributed by atoms with Gasteiger partial charge in [0.25, 0.3) is 0 Å². The minimum atomic E-state index is -1.03. The molecule has 0 amide bonds. The summed E-state index contributed by atoms with van der Waals surface area (Å²) in [4.78, 5) is 15.8. The highest BCUT2D eigenvalue weighted by atomic mass is 16.4. The zero-order valence-corrected chi connectivity index (χ0v) is 19.1. The zero-order chi connectivity index (χ0) is 22.8. The summed E-state index contributed by atoms with van der Waals surface area (Å²) in [6.07, 6.45) is 4.70. The van der Waals surface area contributed by atoms with Crippen LogP contribution in [0.5, 0.6) is 5.75 Å². The van der Waals surface area contributed by atoms with Crippen LogP contribution in [0.3, 0.4) is 0 Å². The van der Waals surface area contributed by atoms with Gasteiger partial charge in [-0.3, -0.25) is 0 Å². The summed E-state index contributed by atoms with van der Waals surface area (Å²) in [7, 11) is 0. The fourth-order valence-corrected chi connectivity index (χ4v) is 2.86. The number of aromatic nitrogens is 1. The van der Waals surface area contributed by atoms with Gasteiger partial charge in [-0.05, 0) is 73.9 Å². The monoisotopic (exact) mass is 407 g/mol. The third-order valence-corrected chi connectivity index (χ3v) is 4.43. The molecular weight excluding hydrogens is 374 g/mol. The molecule has 0 saturated carbocycles. The number of phenolic OH excluding ortho intramolecular Hbond substituents is 1. The maximum Gasteiger partial charge on any atom is 0.335 e. The first-order chi connectivity index (χ1) is 14.3. The van der Waals surface area contributed by atoms with Crippen molar-refractivity contribution in [3.05, 3.63) is 69.9 Å². The second-order valence-corrected chi connectivity index (χ2v) is 6.89. The lowest BCUT2D eigenvalue weighted by Crippen LogP contribution is -1.96. The van der Waals surface area contributed by atoms with E-state index in [1.54, 1.807) is 12.2 Å². The number of carboxylic acid groups (broad SMARTS) is 1. The Hall–Kier alpha value is -3.14. The summed E-state index contributed by atoms with van der Waals surface area (Å²) in [5.41, 5.74) is 5.82. The second-order valence-electron chi connectivity index (χ2n) is 6.89. The SMILES string of the molecule is CC.CCC.Cc1cc(C)c2ccc(/C=C/c3cc(C(=O)O)ccc3O)nc2c1C. The van der Waals surface area contributed by atoms with Crippen LogP contribution < -0.4 is 0 Å². The number of carbonyl (C=O) groups is 1. The molecule has 1 heterocycles. The van der Waals surface area contributed by atoms with Gasteiger partial charge in [-0.25, -0.2) is 9.78 Å². The molecule has 30 heavy (non-hydrogen) atoms. The normalized spacial score (nSPS) is 10.2. The van der Waals surface area contributed by atoms with Gasteiger partial charge in [0.1, 0.15) is 5.75 Å². The molecule has 0 aliphatic rings. The van der Waals surface area contributed by atoms with E-state index in [0.29, 0.717) is 5.56 Å². The van der Waals surface area contributed by atoms with E-state index in [2.05, 4.69) is 40.7 Å². The predicted octanol–water partition coefficient (Wildman–Crippen LogP) is 7.18. The Kier molecular flexibility index (Phi) is 9.76. The van der Waals surface area contributed by atoms with E-state index in [-0.39, 0.29) is 11.3 Å². The molecule has 0 aliphatic carbocycles. The van der Waals surface area contributed by atoms with Crippen molar-refractivity contribution in [3.63, 3.8) is 0 Å². The number of hydrogen-bond acceptors (Lipinski definition) is 3. The zero-order valence-electron chi connectivity index (χ0n) is 19.1. The Bertz CT molecular complexity index is 1040. The highest BCUT2D eigenvalue weighted by Gasteiger charge is 2.07. The lowest BCUT2D eigenvalue weighted by molar-refractivity contribution is 0.0697. The van der Waals surface area contributed by atoms with Gasteiger partial charge in [0.2, 0.25) is 0 Å². The highest BCUT2D eigenvalue weighted by molar-refractivity contribution is 5.90. The first-order valence-corrected chi connectivity index (χ1v) is 10.4. The first kappa shape index (κ1) is 24.9. The van der Waals surface area contributed by atoms with Gasteiger partial charge in [0, 0.05) is 10.9 Å². The van der Waals surface area contributed by atoms with Crippen molar-refractivity contribution in [1.82, 2.24) is 4.98 Å². The molecule has 4 heteroatoms. The molecule has 1 aromatic heterocycles. The molecule has 4 nitrogen and oxygen atoms in total. The van der Waals surface area contributed by atoms with Gasteiger partial charge in [0.05, 0.1) is 16.8 Å². The second kappa shape index (κ2) is 11.8. The molecule has 3 aromatic rings. The molecular formula is C26H33NO3. The number of aromatic carboxylic acids is 1. The molecule has 0 radical (unpaired) electrons. The van der Waals surface area contributed by atoms with Crippen molar-refractivity contribution >= 4 is 29.0 Å². The maximum absolute atomic E-state index is 11.1. The molecule has 0 bridgehead atoms. The van der Waals surface area contributed by atoms with Crippen molar-refractivity contribution in [2.24, 2.45) is 0 Å². The van der Waals surface area contributed by atoms with Crippen LogP contribution in [0.4, 0.5) is 0 Å². The van der Waals surface area contributed by atoms with Crippen LogP contribution in [-0.2, 0) is 0 Å². The largest absolute Gasteiger partial charge is 0.507 e. The lowest BCUT2D eigenvalue weighted by atomic mass is 10.00. The molecule has 0 fully saturated rings. The molecule has 3 rings (SSSR count). The number of aromatic hydroxyl groups is 1. The van der Waals surface area contributed by atoms with E-state index in [4.69, 9.17) is 10.1 Å². The fourth-order valence-electron chi connectivity index (χ4n) is 2.86. The summed E-state index contributed by atoms with van der Waals surface area (Å²) in [6.45, 7) is 14.4. The van der Waals surface area contributed by atoms with Crippen LogP contribution in [0.1, 0.15) is 72.4 Å². The van der Waals surface area contributed by atoms with Crippen LogP contribution in [0.2, 0.25) is 0 Å². The third kappa shape index (κ3) is 6.18. The third-order valence-electron chi connectivity index (χ3n) is 4.43. The van der Waals surface area contributed by atoms with Crippen LogP contribution in [0.15, 0.2) is 36.4 Å². The van der Waals surface area contributed by atoms with E-state index < -0.39 is 5.97 Å². The van der Waals surface area contributed by atoms with Crippen molar-refractivity contribution in [2.75, 3.05) is 0 Å². The Labute approximate surface area is 179 Å². The fraction of sp³-hybridized carbons (Fsp3) is 0.308. The number of pyridine rings is 1. The minimum absolute atomic E-state index is 0.0323. The number of phenols is 1. The molecule has 0 saturated heterocycles. The van der Waals surface area contributed by atoms with Crippen molar-refractivity contribution in [3.8, 4) is 5.75 Å². The van der Waals surface area contributed by atoms with E-state index >= 15 is 0 Å². The summed E-state index contributed by atoms with van der Waals surface area (Å²) >= 11 is 0. The molecule has 0 aliphatic heterocycles. The van der Waals surface area contributed by atoms with Gasteiger partial charge >= 0.3 is 5.97 Å². The molecule has 2 N–H and O–H groups in total. The summed E-state index contributed by atoms with van der Waals surface area (Å²) in [6, 6.07) is 10.3. The standard InChI is InChI=1S/C21H19NO3.C3H8.C2H6/c1-12-10-13(2)18-8-7-17(22-20(18)14(12)3)6-4-15-11-16(21(24)25)5-9-19(15)23;1-3-2;1-2/h4-11,23H,1-3H3,(H,24,25);3H2,1-2H3;1-2H3/b6-4+;;. The quantitative estimate of drug-likeness (QED) is 0.482. The number of aryl methyl sites for hydroxylation is 3. The minimum Gasteiger partial charge on any atom is -0.507 e. The van der Waals surface area contributed by atoms with Crippen molar-refractivity contribution in [2.45, 2.75) is 54.9 Å². The predicted molar refractivity (Wildman–Crippen MR) is 127 cm³/mol. The van der Waals surface area contributed by atoms with Crippen molar-refractivity contribution < 1.29 is 15.0 Å². The van der Waals surface area contributed by atoms with Crippen LogP contribution >= 0.6 is 0 Å². The summed E-state index contributed by atoms with van der Waals surface area (Å²) in [5, 5.41) is 20.1. The molecule has 160 valence electrons. The number of rotatable bonds is 3. The van der Waals surface area contributed by atoms with E-state index in [9.17, 15) is 9.90 Å². The molecule has 0 spiro atoms. The average Bonchev–Trinajstić information content (AvgIpc) is 2.73. The molecule has 0 atom stereocenters. The number of carboxylic acids is 1. The van der Waals surface area contributed by atoms with Gasteiger partial charge in [-0.15, -0.1) is 0 Å². The smallest absolute Gasteiger partial charge is 0.335 e. The lowest BCUT2D eigenvalue weighted by Gasteiger charge is -2.09. The van der Waals surface area contributed by atoms with E-state index in [1.165, 1.54) is 35.7 Å². The van der Waals surface area contributed by atoms with Crippen molar-refractivity contribution in [1.29, 1.82) is 0 Å². The van der Waals surface area contributed by atoms with Gasteiger partial charge in [-0.1, -0.05) is 46.2 Å². The van der Waals surface area contributed by atoms with E-state index in [1.807, 2.05) is 26.0 Å².